The highest BCUT2D eigenvalue weighted by Crippen LogP contribution is 2.44. The van der Waals surface area contributed by atoms with Gasteiger partial charge in [0.15, 0.2) is 0 Å². The highest BCUT2D eigenvalue weighted by molar-refractivity contribution is 9.10. The maximum absolute atomic E-state index is 11.9. The van der Waals surface area contributed by atoms with Gasteiger partial charge >= 0.3 is 5.97 Å². The fourth-order valence-corrected chi connectivity index (χ4v) is 5.21. The summed E-state index contributed by atoms with van der Waals surface area (Å²) in [5.74, 6) is -0.0666. The third kappa shape index (κ3) is 7.52. The lowest BCUT2D eigenvalue weighted by Gasteiger charge is -2.23. The molecule has 2 aliphatic rings. The average molecular weight is 480 g/mol. The summed E-state index contributed by atoms with van der Waals surface area (Å²) in [6.45, 7) is 0.466. The van der Waals surface area contributed by atoms with Gasteiger partial charge in [-0.2, -0.15) is 5.11 Å². The van der Waals surface area contributed by atoms with E-state index in [9.17, 15) is 4.79 Å². The molecular formula is C22H30BrN3O2S. The molecule has 1 spiro atoms. The van der Waals surface area contributed by atoms with E-state index in [1.54, 1.807) is 11.8 Å². The molecule has 0 bridgehead atoms. The number of nitrogens with zero attached hydrogens (tertiary/aromatic N) is 3. The van der Waals surface area contributed by atoms with Gasteiger partial charge in [-0.3, -0.25) is 4.79 Å². The predicted octanol–water partition coefficient (Wildman–Crippen LogP) is 7.57. The molecule has 0 radical (unpaired) electrons. The Morgan fingerprint density at radius 3 is 2.45 bits per heavy atom. The van der Waals surface area contributed by atoms with E-state index >= 15 is 0 Å². The van der Waals surface area contributed by atoms with E-state index in [4.69, 9.17) is 4.74 Å². The number of cyclic esters (lactones) is 1. The van der Waals surface area contributed by atoms with Crippen molar-refractivity contribution in [2.45, 2.75) is 81.9 Å². The normalized spacial score (nSPS) is 26.7. The SMILES string of the molecule is O=C1CCCCCCCCCC[C@@]2(CCCO1)N=NC(=Nc1ccccc1Br)S2. The number of hydrogen-bond donors (Lipinski definition) is 0. The van der Waals surface area contributed by atoms with Gasteiger partial charge in [0, 0.05) is 10.9 Å². The minimum Gasteiger partial charge on any atom is -0.466 e. The number of azo groups is 1. The van der Waals surface area contributed by atoms with Gasteiger partial charge in [-0.1, -0.05) is 68.8 Å². The number of aliphatic imine (C=N–C) groups is 1. The first kappa shape index (κ1) is 22.5. The lowest BCUT2D eigenvalue weighted by Crippen LogP contribution is -2.21. The van der Waals surface area contributed by atoms with Crippen LogP contribution in [0.3, 0.4) is 0 Å². The third-order valence-corrected chi connectivity index (χ3v) is 7.24. The van der Waals surface area contributed by atoms with Gasteiger partial charge in [0.25, 0.3) is 0 Å². The van der Waals surface area contributed by atoms with Crippen molar-refractivity contribution < 1.29 is 9.53 Å². The molecule has 7 heteroatoms. The van der Waals surface area contributed by atoms with Gasteiger partial charge in [0.1, 0.15) is 4.87 Å². The summed E-state index contributed by atoms with van der Waals surface area (Å²) in [6, 6.07) is 7.89. The monoisotopic (exact) mass is 479 g/mol. The van der Waals surface area contributed by atoms with Gasteiger partial charge in [-0.05, 0) is 53.7 Å². The standard InChI is InChI=1S/C22H30BrN3O2S/c23-18-12-8-9-13-19(18)24-21-25-26-22(29-21)15-10-6-4-2-1-3-5-7-14-20(27)28-17-11-16-22/h8-9,12-13H,1-7,10-11,14-17H2/t22-/m1/s1. The Morgan fingerprint density at radius 1 is 0.966 bits per heavy atom. The van der Waals surface area contributed by atoms with Crippen molar-refractivity contribution in [3.05, 3.63) is 28.7 Å². The number of carbonyl (C=O) groups excluding carboxylic acids is 1. The van der Waals surface area contributed by atoms with Crippen LogP contribution in [0.5, 0.6) is 0 Å². The lowest BCUT2D eigenvalue weighted by molar-refractivity contribution is -0.143. The summed E-state index contributed by atoms with van der Waals surface area (Å²) in [5.41, 5.74) is 0.869. The van der Waals surface area contributed by atoms with E-state index in [0.29, 0.717) is 18.2 Å². The molecular weight excluding hydrogens is 450 g/mol. The number of esters is 1. The first-order valence-corrected chi connectivity index (χ1v) is 12.4. The van der Waals surface area contributed by atoms with Crippen LogP contribution in [0, 0.1) is 0 Å². The summed E-state index contributed by atoms with van der Waals surface area (Å²) in [7, 11) is 0. The summed E-state index contributed by atoms with van der Waals surface area (Å²) in [5, 5.41) is 9.77. The van der Waals surface area contributed by atoms with Crippen molar-refractivity contribution in [2.75, 3.05) is 6.61 Å². The smallest absolute Gasteiger partial charge is 0.305 e. The number of rotatable bonds is 1. The third-order valence-electron chi connectivity index (χ3n) is 5.34. The van der Waals surface area contributed by atoms with Crippen LogP contribution in [0.25, 0.3) is 0 Å². The van der Waals surface area contributed by atoms with Crippen molar-refractivity contribution in [1.82, 2.24) is 0 Å². The summed E-state index contributed by atoms with van der Waals surface area (Å²) < 4.78 is 6.38. The Labute approximate surface area is 186 Å². The molecule has 0 amide bonds. The molecule has 158 valence electrons. The molecule has 0 aliphatic carbocycles. The quantitative estimate of drug-likeness (QED) is 0.390. The molecule has 0 aromatic heterocycles. The van der Waals surface area contributed by atoms with Crippen molar-refractivity contribution >= 4 is 44.5 Å². The second-order valence-electron chi connectivity index (χ2n) is 7.75. The lowest BCUT2D eigenvalue weighted by atomic mass is 10.0. The van der Waals surface area contributed by atoms with Crippen molar-refractivity contribution in [1.29, 1.82) is 0 Å². The fourth-order valence-electron chi connectivity index (χ4n) is 3.70. The van der Waals surface area contributed by atoms with Crippen LogP contribution < -0.4 is 0 Å². The zero-order valence-electron chi connectivity index (χ0n) is 16.9. The molecule has 3 rings (SSSR count). The Balaban J connectivity index is 1.62. The van der Waals surface area contributed by atoms with Crippen LogP contribution >= 0.6 is 27.7 Å². The molecule has 1 atom stereocenters. The molecule has 5 nitrogen and oxygen atoms in total. The maximum atomic E-state index is 11.9. The van der Waals surface area contributed by atoms with E-state index < -0.39 is 0 Å². The van der Waals surface area contributed by atoms with Gasteiger partial charge < -0.3 is 4.74 Å². The van der Waals surface area contributed by atoms with Crippen molar-refractivity contribution in [2.24, 2.45) is 15.2 Å². The van der Waals surface area contributed by atoms with Crippen LogP contribution in [0.1, 0.15) is 77.0 Å². The van der Waals surface area contributed by atoms with Crippen molar-refractivity contribution in [3.8, 4) is 0 Å². The molecule has 1 aromatic carbocycles. The van der Waals surface area contributed by atoms with E-state index in [2.05, 4.69) is 31.2 Å². The highest BCUT2D eigenvalue weighted by Gasteiger charge is 2.37. The molecule has 1 fully saturated rings. The topological polar surface area (TPSA) is 63.4 Å². The van der Waals surface area contributed by atoms with Gasteiger partial charge in [-0.15, -0.1) is 5.11 Å². The Hall–Kier alpha value is -1.21. The first-order valence-electron chi connectivity index (χ1n) is 10.8. The average Bonchev–Trinajstić information content (AvgIpc) is 3.11. The van der Waals surface area contributed by atoms with Crippen LogP contribution in [0.15, 0.2) is 44.0 Å². The largest absolute Gasteiger partial charge is 0.466 e. The second-order valence-corrected chi connectivity index (χ2v) is 9.93. The van der Waals surface area contributed by atoms with E-state index in [0.717, 1.165) is 48.7 Å². The van der Waals surface area contributed by atoms with Crippen molar-refractivity contribution in [3.63, 3.8) is 0 Å². The van der Waals surface area contributed by atoms with Crippen LogP contribution in [0.2, 0.25) is 0 Å². The predicted molar refractivity (Wildman–Crippen MR) is 123 cm³/mol. The number of ether oxygens (including phenoxy) is 1. The number of para-hydroxylation sites is 1. The molecule has 0 unspecified atom stereocenters. The molecule has 0 saturated carbocycles. The number of amidine groups is 1. The highest BCUT2D eigenvalue weighted by atomic mass is 79.9. The molecule has 2 aliphatic heterocycles. The van der Waals surface area contributed by atoms with Crippen LogP contribution in [-0.2, 0) is 9.53 Å². The molecule has 1 saturated heterocycles. The molecule has 0 N–H and O–H groups in total. The number of carbonyl (C=O) groups is 1. The Kier molecular flexibility index (Phi) is 9.18. The number of benzene rings is 1. The minimum absolute atomic E-state index is 0.0666. The van der Waals surface area contributed by atoms with Crippen LogP contribution in [0.4, 0.5) is 5.69 Å². The fraction of sp³-hybridized carbons (Fsp3) is 0.636. The summed E-state index contributed by atoms with van der Waals surface area (Å²) in [6.07, 6.45) is 12.7. The zero-order chi connectivity index (χ0) is 20.4. The van der Waals surface area contributed by atoms with Crippen LogP contribution in [-0.4, -0.2) is 22.6 Å². The van der Waals surface area contributed by atoms with E-state index in [1.165, 1.54) is 32.1 Å². The van der Waals surface area contributed by atoms with Gasteiger partial charge in [-0.25, -0.2) is 4.99 Å². The molecule has 2 heterocycles. The van der Waals surface area contributed by atoms with Gasteiger partial charge in [0.05, 0.1) is 12.3 Å². The number of hydrogen-bond acceptors (Lipinski definition) is 5. The Bertz CT molecular complexity index is 741. The second kappa shape index (κ2) is 11.8. The van der Waals surface area contributed by atoms with E-state index in [-0.39, 0.29) is 10.8 Å². The van der Waals surface area contributed by atoms with Gasteiger partial charge in [0.2, 0.25) is 5.17 Å². The Morgan fingerprint density at radius 2 is 1.66 bits per heavy atom. The number of halogens is 1. The zero-order valence-corrected chi connectivity index (χ0v) is 19.3. The molecule has 29 heavy (non-hydrogen) atoms. The summed E-state index contributed by atoms with van der Waals surface area (Å²) >= 11 is 5.20. The summed E-state index contributed by atoms with van der Waals surface area (Å²) in [4.78, 5) is 16.3. The first-order chi connectivity index (χ1) is 14.2. The van der Waals surface area contributed by atoms with E-state index in [1.807, 2.05) is 24.3 Å². The maximum Gasteiger partial charge on any atom is 0.305 e. The number of thioether (sulfide) groups is 1. The minimum atomic E-state index is -0.274. The molecule has 1 aromatic rings.